The van der Waals surface area contributed by atoms with Crippen LogP contribution in [0.2, 0.25) is 0 Å². The molecule has 0 saturated heterocycles. The van der Waals surface area contributed by atoms with Crippen LogP contribution in [0.5, 0.6) is 0 Å². The smallest absolute Gasteiger partial charge is 0.166 e. The van der Waals surface area contributed by atoms with Gasteiger partial charge in [0.05, 0.1) is 5.56 Å². The molecule has 0 saturated carbocycles. The number of alkyl halides is 3. The number of hydrogen-bond acceptors (Lipinski definition) is 0. The third kappa shape index (κ3) is 3.42. The maximum atomic E-state index is 13.0. The van der Waals surface area contributed by atoms with Gasteiger partial charge in [0, 0.05) is 5.30 Å². The van der Waals surface area contributed by atoms with Gasteiger partial charge < -0.3 is 0 Å². The highest BCUT2D eigenvalue weighted by Gasteiger charge is 2.35. The first-order valence-corrected chi connectivity index (χ1v) is 8.43. The summed E-state index contributed by atoms with van der Waals surface area (Å²) in [6.07, 6.45) is -4.47. The topological polar surface area (TPSA) is 0 Å². The number of hydrogen-bond donors (Lipinski definition) is 0. The molecule has 0 aliphatic rings. The van der Waals surface area contributed by atoms with E-state index < -0.39 is 18.4 Å². The Morgan fingerprint density at radius 3 is 2.00 bits per heavy atom. The van der Waals surface area contributed by atoms with Crippen molar-refractivity contribution in [2.24, 2.45) is 0 Å². The van der Waals surface area contributed by atoms with E-state index >= 15 is 0 Å². The first-order chi connectivity index (χ1) is 8.89. The third-order valence-electron chi connectivity index (χ3n) is 2.59. The van der Waals surface area contributed by atoms with E-state index in [0.29, 0.717) is 11.1 Å². The Balaban J connectivity index is 2.57. The molecule has 100 valence electrons. The van der Waals surface area contributed by atoms with Crippen LogP contribution in [0.4, 0.5) is 13.2 Å². The molecular formula is C13H8Cl2F3P. The van der Waals surface area contributed by atoms with Gasteiger partial charge in [0.1, 0.15) is 6.63 Å². The first kappa shape index (κ1) is 14.6. The zero-order chi connectivity index (χ0) is 14.0. The minimum atomic E-state index is -4.47. The van der Waals surface area contributed by atoms with Gasteiger partial charge in [-0.25, -0.2) is 0 Å². The normalized spacial score (nSPS) is 11.9. The van der Waals surface area contributed by atoms with E-state index in [2.05, 4.69) is 0 Å². The molecule has 0 atom stereocenters. The lowest BCUT2D eigenvalue weighted by molar-refractivity contribution is -0.136. The summed E-state index contributed by atoms with van der Waals surface area (Å²) in [6, 6.07) is 12.9. The lowest BCUT2D eigenvalue weighted by Crippen LogP contribution is -2.16. The molecule has 0 unspecified atom stereocenters. The monoisotopic (exact) mass is 322 g/mol. The van der Waals surface area contributed by atoms with Crippen molar-refractivity contribution < 1.29 is 13.2 Å². The lowest BCUT2D eigenvalue weighted by Gasteiger charge is -2.15. The first-order valence-electron chi connectivity index (χ1n) is 5.28. The summed E-state index contributed by atoms with van der Waals surface area (Å²) in [5.74, 6) is 0. The Labute approximate surface area is 119 Å². The Bertz CT molecular complexity index is 568. The van der Waals surface area contributed by atoms with Crippen molar-refractivity contribution in [1.82, 2.24) is 0 Å². The van der Waals surface area contributed by atoms with Crippen molar-refractivity contribution >= 4 is 34.4 Å². The van der Waals surface area contributed by atoms with Crippen molar-refractivity contribution in [3.05, 3.63) is 54.1 Å². The van der Waals surface area contributed by atoms with Crippen LogP contribution < -0.4 is 5.30 Å². The lowest BCUT2D eigenvalue weighted by atomic mass is 10.0. The maximum Gasteiger partial charge on any atom is 0.417 e. The molecule has 0 heterocycles. The minimum Gasteiger partial charge on any atom is -0.166 e. The minimum absolute atomic E-state index is 0.0643. The second kappa shape index (κ2) is 5.70. The van der Waals surface area contributed by atoms with E-state index in [1.807, 2.05) is 0 Å². The van der Waals surface area contributed by atoms with Gasteiger partial charge in [-0.15, -0.1) is 0 Å². The second-order valence-corrected chi connectivity index (χ2v) is 7.32. The maximum absolute atomic E-state index is 13.0. The van der Waals surface area contributed by atoms with Gasteiger partial charge in [-0.05, 0) is 17.2 Å². The highest BCUT2D eigenvalue weighted by molar-refractivity contribution is 8.08. The molecule has 0 amide bonds. The van der Waals surface area contributed by atoms with E-state index in [4.69, 9.17) is 22.5 Å². The van der Waals surface area contributed by atoms with E-state index in [1.165, 1.54) is 6.07 Å². The van der Waals surface area contributed by atoms with Crippen LogP contribution in [0.25, 0.3) is 11.1 Å². The van der Waals surface area contributed by atoms with Gasteiger partial charge >= 0.3 is 6.18 Å². The average Bonchev–Trinajstić information content (AvgIpc) is 2.38. The molecule has 0 spiro atoms. The molecule has 0 N–H and O–H groups in total. The molecule has 2 rings (SSSR count). The highest BCUT2D eigenvalue weighted by atomic mass is 35.9. The molecular weight excluding hydrogens is 315 g/mol. The van der Waals surface area contributed by atoms with Crippen LogP contribution >= 0.6 is 29.1 Å². The van der Waals surface area contributed by atoms with E-state index in [0.717, 1.165) is 6.07 Å². The fourth-order valence-electron chi connectivity index (χ4n) is 1.72. The molecule has 0 radical (unpaired) electrons. The molecule has 2 aromatic carbocycles. The summed E-state index contributed by atoms with van der Waals surface area (Å²) in [4.78, 5) is 0. The zero-order valence-electron chi connectivity index (χ0n) is 9.46. The molecule has 0 bridgehead atoms. The standard InChI is InChI=1S/C13H8Cl2F3P/c14-19(15)12-7-6-10(8-11(12)13(16,17)18)9-4-2-1-3-5-9/h1-8H. The summed E-state index contributed by atoms with van der Waals surface area (Å²) in [6.45, 7) is -1.84. The molecule has 0 nitrogen and oxygen atoms in total. The van der Waals surface area contributed by atoms with Gasteiger partial charge in [0.2, 0.25) is 0 Å². The molecule has 0 aliphatic carbocycles. The van der Waals surface area contributed by atoms with Gasteiger partial charge in [-0.3, -0.25) is 0 Å². The van der Waals surface area contributed by atoms with E-state index in [9.17, 15) is 13.2 Å². The third-order valence-corrected chi connectivity index (χ3v) is 4.44. The van der Waals surface area contributed by atoms with Crippen molar-refractivity contribution in [3.63, 3.8) is 0 Å². The Morgan fingerprint density at radius 2 is 1.47 bits per heavy atom. The predicted molar refractivity (Wildman–Crippen MR) is 75.1 cm³/mol. The van der Waals surface area contributed by atoms with Crippen LogP contribution in [0.15, 0.2) is 48.5 Å². The number of halogens is 5. The van der Waals surface area contributed by atoms with Gasteiger partial charge in [0.25, 0.3) is 0 Å². The molecule has 19 heavy (non-hydrogen) atoms. The predicted octanol–water partition coefficient (Wildman–Crippen LogP) is 5.79. The van der Waals surface area contributed by atoms with Crippen molar-refractivity contribution in [2.45, 2.75) is 6.18 Å². The van der Waals surface area contributed by atoms with Gasteiger partial charge in [-0.2, -0.15) is 13.2 Å². The average molecular weight is 323 g/mol. The summed E-state index contributed by atoms with van der Waals surface area (Å²) in [5.41, 5.74) is 0.430. The zero-order valence-corrected chi connectivity index (χ0v) is 11.9. The summed E-state index contributed by atoms with van der Waals surface area (Å²) in [7, 11) is 0. The second-order valence-electron chi connectivity index (χ2n) is 3.83. The fourth-order valence-corrected chi connectivity index (χ4v) is 3.17. The Kier molecular flexibility index (Phi) is 4.39. The summed E-state index contributed by atoms with van der Waals surface area (Å²) < 4.78 is 39.0. The fraction of sp³-hybridized carbons (Fsp3) is 0.0769. The van der Waals surface area contributed by atoms with Gasteiger partial charge in [-0.1, -0.05) is 64.9 Å². The van der Waals surface area contributed by atoms with Crippen LogP contribution in [-0.4, -0.2) is 0 Å². The highest BCUT2D eigenvalue weighted by Crippen LogP contribution is 2.49. The van der Waals surface area contributed by atoms with Crippen molar-refractivity contribution in [1.29, 1.82) is 0 Å². The Hall–Kier alpha value is -0.760. The van der Waals surface area contributed by atoms with Gasteiger partial charge in [0.15, 0.2) is 0 Å². The quantitative estimate of drug-likeness (QED) is 0.614. The number of benzene rings is 2. The molecule has 2 aromatic rings. The van der Waals surface area contributed by atoms with Crippen LogP contribution in [0.3, 0.4) is 0 Å². The van der Waals surface area contributed by atoms with Crippen LogP contribution in [0.1, 0.15) is 5.56 Å². The Morgan fingerprint density at radius 1 is 0.842 bits per heavy atom. The van der Waals surface area contributed by atoms with Crippen LogP contribution in [0, 0.1) is 0 Å². The molecule has 0 aliphatic heterocycles. The largest absolute Gasteiger partial charge is 0.417 e. The van der Waals surface area contributed by atoms with Crippen molar-refractivity contribution in [3.8, 4) is 11.1 Å². The molecule has 0 aromatic heterocycles. The van der Waals surface area contributed by atoms with E-state index in [1.54, 1.807) is 36.4 Å². The summed E-state index contributed by atoms with van der Waals surface area (Å²) in [5, 5.41) is -0.0643. The SMILES string of the molecule is FC(F)(F)c1cc(-c2ccccc2)ccc1P(Cl)Cl. The molecule has 0 fully saturated rings. The number of rotatable bonds is 2. The summed E-state index contributed by atoms with van der Waals surface area (Å²) >= 11 is 11.3. The van der Waals surface area contributed by atoms with Crippen LogP contribution in [-0.2, 0) is 6.18 Å². The van der Waals surface area contributed by atoms with E-state index in [-0.39, 0.29) is 5.30 Å². The molecule has 6 heteroatoms. The van der Waals surface area contributed by atoms with Crippen molar-refractivity contribution in [2.75, 3.05) is 0 Å².